The van der Waals surface area contributed by atoms with Crippen LogP contribution in [0.3, 0.4) is 0 Å². The highest BCUT2D eigenvalue weighted by Crippen LogP contribution is 2.33. The van der Waals surface area contributed by atoms with Crippen molar-refractivity contribution in [2.24, 2.45) is 0 Å². The molecule has 0 saturated carbocycles. The van der Waals surface area contributed by atoms with E-state index in [1.165, 1.54) is 21.8 Å². The first kappa shape index (κ1) is 20.6. The number of halogens is 2. The third kappa shape index (κ3) is 3.57. The predicted octanol–water partition coefficient (Wildman–Crippen LogP) is 7.93. The van der Waals surface area contributed by atoms with Crippen LogP contribution in [-0.2, 0) is 17.8 Å². The zero-order valence-electron chi connectivity index (χ0n) is 18.0. The normalized spacial score (nSPS) is 11.9. The summed E-state index contributed by atoms with van der Waals surface area (Å²) >= 11 is 12.6. The fourth-order valence-electron chi connectivity index (χ4n) is 4.95. The molecule has 4 aromatic carbocycles. The van der Waals surface area contributed by atoms with Gasteiger partial charge in [0.25, 0.3) is 0 Å². The Balaban J connectivity index is 1.22. The fraction of sp³-hybridized carbons (Fsp3) is 0.143. The molecule has 33 heavy (non-hydrogen) atoms. The van der Waals surface area contributed by atoms with Crippen molar-refractivity contribution >= 4 is 66.8 Å². The van der Waals surface area contributed by atoms with Crippen molar-refractivity contribution in [3.63, 3.8) is 0 Å². The summed E-state index contributed by atoms with van der Waals surface area (Å²) in [5.74, 6) is 0. The molecule has 0 bridgehead atoms. The lowest BCUT2D eigenvalue weighted by molar-refractivity contribution is 0.121. The maximum absolute atomic E-state index is 6.28. The van der Waals surface area contributed by atoms with Gasteiger partial charge in [0.15, 0.2) is 0 Å². The standard InChI is InChI=1S/C28H22Cl2N2O/c29-19-9-11-27-23(17-19)24-18-20(30)10-12-28(24)32(27)14-16-33-15-13-31-25-7-3-1-5-21(25)22-6-2-4-8-26(22)31/h1-12,17-18H,13-16H2. The van der Waals surface area contributed by atoms with Gasteiger partial charge in [0.2, 0.25) is 0 Å². The molecule has 0 N–H and O–H groups in total. The fourth-order valence-corrected chi connectivity index (χ4v) is 5.29. The SMILES string of the molecule is Clc1ccc2c(c1)c1cc(Cl)ccc1n2CCOCCn1c2ccccc2c2ccccc21. The smallest absolute Gasteiger partial charge is 0.0646 e. The summed E-state index contributed by atoms with van der Waals surface area (Å²) < 4.78 is 10.8. The molecule has 6 aromatic rings. The van der Waals surface area contributed by atoms with Gasteiger partial charge in [-0.05, 0) is 48.5 Å². The number of hydrogen-bond acceptors (Lipinski definition) is 1. The molecule has 0 unspecified atom stereocenters. The van der Waals surface area contributed by atoms with Crippen molar-refractivity contribution in [1.29, 1.82) is 0 Å². The van der Waals surface area contributed by atoms with Crippen LogP contribution in [0, 0.1) is 0 Å². The maximum Gasteiger partial charge on any atom is 0.0646 e. The van der Waals surface area contributed by atoms with E-state index in [9.17, 15) is 0 Å². The zero-order valence-corrected chi connectivity index (χ0v) is 19.5. The van der Waals surface area contributed by atoms with Gasteiger partial charge >= 0.3 is 0 Å². The van der Waals surface area contributed by atoms with Gasteiger partial charge in [-0.3, -0.25) is 0 Å². The minimum Gasteiger partial charge on any atom is -0.378 e. The number of rotatable bonds is 6. The highest BCUT2D eigenvalue weighted by atomic mass is 35.5. The molecule has 0 amide bonds. The molecule has 0 aliphatic carbocycles. The van der Waals surface area contributed by atoms with Crippen LogP contribution in [0.1, 0.15) is 0 Å². The van der Waals surface area contributed by atoms with Crippen LogP contribution in [0.2, 0.25) is 10.0 Å². The van der Waals surface area contributed by atoms with Gasteiger partial charge in [-0.25, -0.2) is 0 Å². The lowest BCUT2D eigenvalue weighted by atomic mass is 10.1. The van der Waals surface area contributed by atoms with Crippen LogP contribution in [0.15, 0.2) is 84.9 Å². The Morgan fingerprint density at radius 3 is 1.42 bits per heavy atom. The van der Waals surface area contributed by atoms with E-state index < -0.39 is 0 Å². The second-order valence-corrected chi connectivity index (χ2v) is 9.15. The minimum atomic E-state index is 0.626. The lowest BCUT2D eigenvalue weighted by Crippen LogP contribution is -2.10. The van der Waals surface area contributed by atoms with Gasteiger partial charge in [0.1, 0.15) is 0 Å². The van der Waals surface area contributed by atoms with Crippen molar-refractivity contribution in [1.82, 2.24) is 9.13 Å². The van der Waals surface area contributed by atoms with Gasteiger partial charge < -0.3 is 13.9 Å². The average Bonchev–Trinajstić information content (AvgIpc) is 3.31. The molecule has 0 fully saturated rings. The highest BCUT2D eigenvalue weighted by Gasteiger charge is 2.12. The third-order valence-electron chi connectivity index (χ3n) is 6.39. The van der Waals surface area contributed by atoms with E-state index in [-0.39, 0.29) is 0 Å². The van der Waals surface area contributed by atoms with E-state index in [0.717, 1.165) is 44.9 Å². The second kappa shape index (κ2) is 8.42. The molecule has 0 saturated heterocycles. The molecular weight excluding hydrogens is 451 g/mol. The summed E-state index contributed by atoms with van der Waals surface area (Å²) in [6.07, 6.45) is 0. The van der Waals surface area contributed by atoms with Crippen molar-refractivity contribution in [2.45, 2.75) is 13.1 Å². The first-order valence-corrected chi connectivity index (χ1v) is 11.9. The Morgan fingerprint density at radius 1 is 0.515 bits per heavy atom. The largest absolute Gasteiger partial charge is 0.378 e. The summed E-state index contributed by atoms with van der Waals surface area (Å²) in [5.41, 5.74) is 4.78. The van der Waals surface area contributed by atoms with Crippen molar-refractivity contribution in [2.75, 3.05) is 13.2 Å². The number of fused-ring (bicyclic) bond motifs is 6. The van der Waals surface area contributed by atoms with Gasteiger partial charge in [0.05, 0.1) is 13.2 Å². The van der Waals surface area contributed by atoms with Crippen molar-refractivity contribution in [3.8, 4) is 0 Å². The Kier molecular flexibility index (Phi) is 5.26. The Labute approximate surface area is 201 Å². The van der Waals surface area contributed by atoms with E-state index in [0.29, 0.717) is 13.2 Å². The molecule has 0 aliphatic rings. The van der Waals surface area contributed by atoms with Crippen LogP contribution < -0.4 is 0 Å². The molecule has 2 heterocycles. The molecule has 0 atom stereocenters. The highest BCUT2D eigenvalue weighted by molar-refractivity contribution is 6.33. The lowest BCUT2D eigenvalue weighted by Gasteiger charge is -2.11. The Hall–Kier alpha value is -2.98. The molecule has 6 rings (SSSR count). The van der Waals surface area contributed by atoms with Crippen LogP contribution in [0.5, 0.6) is 0 Å². The number of benzene rings is 4. The van der Waals surface area contributed by atoms with Crippen molar-refractivity contribution < 1.29 is 4.74 Å². The molecule has 0 aliphatic heterocycles. The van der Waals surface area contributed by atoms with E-state index in [1.807, 2.05) is 24.3 Å². The molecule has 164 valence electrons. The average molecular weight is 473 g/mol. The first-order valence-electron chi connectivity index (χ1n) is 11.1. The van der Waals surface area contributed by atoms with Gasteiger partial charge in [-0.2, -0.15) is 0 Å². The van der Waals surface area contributed by atoms with Gasteiger partial charge in [-0.1, -0.05) is 59.6 Å². The van der Waals surface area contributed by atoms with E-state index in [1.54, 1.807) is 0 Å². The van der Waals surface area contributed by atoms with Crippen LogP contribution in [0.25, 0.3) is 43.6 Å². The summed E-state index contributed by atoms with van der Waals surface area (Å²) in [5, 5.41) is 6.26. The topological polar surface area (TPSA) is 19.1 Å². The van der Waals surface area contributed by atoms with E-state index in [2.05, 4.69) is 69.8 Å². The molecular formula is C28H22Cl2N2O. The Morgan fingerprint density at radius 2 is 0.939 bits per heavy atom. The van der Waals surface area contributed by atoms with Gasteiger partial charge in [0, 0.05) is 66.7 Å². The van der Waals surface area contributed by atoms with E-state index in [4.69, 9.17) is 27.9 Å². The first-order chi connectivity index (χ1) is 16.2. The van der Waals surface area contributed by atoms with Crippen LogP contribution in [-0.4, -0.2) is 22.3 Å². The summed E-state index contributed by atoms with van der Waals surface area (Å²) in [4.78, 5) is 0. The molecule has 0 radical (unpaired) electrons. The number of nitrogens with zero attached hydrogens (tertiary/aromatic N) is 2. The summed E-state index contributed by atoms with van der Waals surface area (Å²) in [6, 6.07) is 29.2. The zero-order chi connectivity index (χ0) is 22.4. The molecule has 0 spiro atoms. The minimum absolute atomic E-state index is 0.626. The maximum atomic E-state index is 6.28. The number of aromatic nitrogens is 2. The third-order valence-corrected chi connectivity index (χ3v) is 6.86. The van der Waals surface area contributed by atoms with Crippen LogP contribution >= 0.6 is 23.2 Å². The molecule has 3 nitrogen and oxygen atoms in total. The van der Waals surface area contributed by atoms with Crippen molar-refractivity contribution in [3.05, 3.63) is 95.0 Å². The second-order valence-electron chi connectivity index (χ2n) is 8.27. The number of hydrogen-bond donors (Lipinski definition) is 0. The van der Waals surface area contributed by atoms with E-state index >= 15 is 0 Å². The number of ether oxygens (including phenoxy) is 1. The number of para-hydroxylation sites is 2. The monoisotopic (exact) mass is 472 g/mol. The van der Waals surface area contributed by atoms with Crippen LogP contribution in [0.4, 0.5) is 0 Å². The summed E-state index contributed by atoms with van der Waals surface area (Å²) in [6.45, 7) is 2.85. The molecule has 5 heteroatoms. The predicted molar refractivity (Wildman–Crippen MR) is 140 cm³/mol. The Bertz CT molecular complexity index is 1520. The molecule has 2 aromatic heterocycles. The van der Waals surface area contributed by atoms with Gasteiger partial charge in [-0.15, -0.1) is 0 Å². The quantitative estimate of drug-likeness (QED) is 0.225. The summed E-state index contributed by atoms with van der Waals surface area (Å²) in [7, 11) is 0.